The van der Waals surface area contributed by atoms with Crippen molar-refractivity contribution < 1.29 is 9.53 Å². The molecule has 0 atom stereocenters. The van der Waals surface area contributed by atoms with Gasteiger partial charge >= 0.3 is 0 Å². The van der Waals surface area contributed by atoms with Gasteiger partial charge in [-0.3, -0.25) is 4.79 Å². The highest BCUT2D eigenvalue weighted by Crippen LogP contribution is 2.20. The second-order valence-electron chi connectivity index (χ2n) is 7.11. The molecule has 0 fully saturated rings. The van der Waals surface area contributed by atoms with E-state index in [1.165, 1.54) is 0 Å². The molecule has 0 saturated carbocycles. The summed E-state index contributed by atoms with van der Waals surface area (Å²) < 4.78 is 7.62. The van der Waals surface area contributed by atoms with Gasteiger partial charge in [0.15, 0.2) is 5.65 Å². The summed E-state index contributed by atoms with van der Waals surface area (Å²) in [5.41, 5.74) is 3.27. The predicted octanol–water partition coefficient (Wildman–Crippen LogP) is 3.78. The highest BCUT2D eigenvalue weighted by Gasteiger charge is 2.18. The minimum absolute atomic E-state index is 0.0629. The average molecular weight is 366 g/mol. The van der Waals surface area contributed by atoms with Crippen LogP contribution in [-0.4, -0.2) is 45.8 Å². The molecule has 142 valence electrons. The molecule has 0 aliphatic carbocycles. The molecule has 0 aliphatic rings. The van der Waals surface area contributed by atoms with Gasteiger partial charge in [-0.1, -0.05) is 12.1 Å². The van der Waals surface area contributed by atoms with Crippen LogP contribution in [0.3, 0.4) is 0 Å². The number of ether oxygens (including phenoxy) is 1. The number of hydrogen-bond donors (Lipinski definition) is 0. The minimum Gasteiger partial charge on any atom is -0.492 e. The lowest BCUT2D eigenvalue weighted by Gasteiger charge is -2.19. The van der Waals surface area contributed by atoms with Gasteiger partial charge in [-0.05, 0) is 51.5 Å². The number of benzene rings is 1. The Kier molecular flexibility index (Phi) is 5.44. The zero-order chi connectivity index (χ0) is 19.6. The van der Waals surface area contributed by atoms with Crippen molar-refractivity contribution in [1.29, 1.82) is 0 Å². The van der Waals surface area contributed by atoms with Crippen molar-refractivity contribution in [3.05, 3.63) is 53.3 Å². The molecular weight excluding hydrogens is 340 g/mol. The van der Waals surface area contributed by atoms with Crippen LogP contribution in [0.15, 0.2) is 36.5 Å². The van der Waals surface area contributed by atoms with E-state index >= 15 is 0 Å². The van der Waals surface area contributed by atoms with Crippen molar-refractivity contribution >= 4 is 16.9 Å². The minimum atomic E-state index is -0.0629. The third kappa shape index (κ3) is 4.10. The van der Waals surface area contributed by atoms with Gasteiger partial charge < -0.3 is 9.64 Å². The Morgan fingerprint density at radius 3 is 2.74 bits per heavy atom. The molecule has 2 heterocycles. The van der Waals surface area contributed by atoms with E-state index < -0.39 is 0 Å². The normalized spacial score (nSPS) is 11.2. The number of fused-ring (bicyclic) bond motifs is 1. The molecule has 3 rings (SSSR count). The number of rotatable bonds is 6. The summed E-state index contributed by atoms with van der Waals surface area (Å²) in [6.07, 6.45) is 1.76. The first-order valence-corrected chi connectivity index (χ1v) is 9.16. The number of nitrogens with zero attached hydrogens (tertiary/aromatic N) is 4. The number of pyridine rings is 1. The Morgan fingerprint density at radius 2 is 2.04 bits per heavy atom. The fourth-order valence-corrected chi connectivity index (χ4v) is 2.97. The topological polar surface area (TPSA) is 60.2 Å². The molecule has 27 heavy (non-hydrogen) atoms. The molecule has 0 unspecified atom stereocenters. The van der Waals surface area contributed by atoms with E-state index in [1.807, 2.05) is 48.9 Å². The van der Waals surface area contributed by atoms with Gasteiger partial charge in [0.1, 0.15) is 12.4 Å². The summed E-state index contributed by atoms with van der Waals surface area (Å²) in [5, 5.41) is 5.26. The zero-order valence-corrected chi connectivity index (χ0v) is 16.6. The second kappa shape index (κ2) is 7.78. The molecule has 3 aromatic rings. The van der Waals surface area contributed by atoms with E-state index in [9.17, 15) is 4.79 Å². The first-order valence-electron chi connectivity index (χ1n) is 9.16. The van der Waals surface area contributed by atoms with Crippen LogP contribution < -0.4 is 4.74 Å². The van der Waals surface area contributed by atoms with Crippen molar-refractivity contribution in [3.63, 3.8) is 0 Å². The number of aromatic nitrogens is 3. The Morgan fingerprint density at radius 1 is 1.26 bits per heavy atom. The quantitative estimate of drug-likeness (QED) is 0.666. The Bertz CT molecular complexity index is 962. The third-order valence-corrected chi connectivity index (χ3v) is 4.51. The lowest BCUT2D eigenvalue weighted by molar-refractivity contribution is 0.0772. The second-order valence-corrected chi connectivity index (χ2v) is 7.11. The van der Waals surface area contributed by atoms with Crippen LogP contribution in [0, 0.1) is 13.8 Å². The summed E-state index contributed by atoms with van der Waals surface area (Å²) in [4.78, 5) is 19.1. The van der Waals surface area contributed by atoms with Gasteiger partial charge in [-0.25, -0.2) is 9.67 Å². The fourth-order valence-electron chi connectivity index (χ4n) is 2.97. The number of aryl methyl sites for hydroxylation is 2. The maximum atomic E-state index is 12.8. The number of carbonyl (C=O) groups is 1. The first kappa shape index (κ1) is 18.9. The molecule has 1 aromatic carbocycles. The van der Waals surface area contributed by atoms with Crippen LogP contribution in [0.1, 0.15) is 41.5 Å². The average Bonchev–Trinajstić information content (AvgIpc) is 3.03. The maximum Gasteiger partial charge on any atom is 0.255 e. The summed E-state index contributed by atoms with van der Waals surface area (Å²) in [7, 11) is 1.78. The largest absolute Gasteiger partial charge is 0.492 e. The molecule has 0 saturated heterocycles. The summed E-state index contributed by atoms with van der Waals surface area (Å²) >= 11 is 0. The fraction of sp³-hybridized carbons (Fsp3) is 0.381. The lowest BCUT2D eigenvalue weighted by atomic mass is 10.1. The van der Waals surface area contributed by atoms with Crippen LogP contribution in [0.25, 0.3) is 11.0 Å². The molecule has 0 N–H and O–H groups in total. The Hall–Kier alpha value is -2.89. The molecular formula is C21H26N4O2. The van der Waals surface area contributed by atoms with E-state index in [4.69, 9.17) is 4.74 Å². The molecule has 0 aliphatic heterocycles. The van der Waals surface area contributed by atoms with Crippen molar-refractivity contribution in [2.45, 2.75) is 33.7 Å². The lowest BCUT2D eigenvalue weighted by Crippen LogP contribution is -2.31. The molecule has 0 spiro atoms. The van der Waals surface area contributed by atoms with Crippen LogP contribution in [0.2, 0.25) is 0 Å². The zero-order valence-electron chi connectivity index (χ0n) is 16.6. The first-order chi connectivity index (χ1) is 12.9. The van der Waals surface area contributed by atoms with Crippen molar-refractivity contribution in [1.82, 2.24) is 19.7 Å². The standard InChI is InChI=1S/C21H26N4O2/c1-14(2)25-20-17(13-22-25)12-19(16(4)23-20)21(26)24(5)9-10-27-18-8-6-7-15(3)11-18/h6-8,11-14H,9-10H2,1-5H3. The van der Waals surface area contributed by atoms with Crippen molar-refractivity contribution in [2.75, 3.05) is 20.2 Å². The van der Waals surface area contributed by atoms with Crippen molar-refractivity contribution in [2.24, 2.45) is 0 Å². The summed E-state index contributed by atoms with van der Waals surface area (Å²) in [6, 6.07) is 9.98. The molecule has 0 bridgehead atoms. The predicted molar refractivity (Wildman–Crippen MR) is 106 cm³/mol. The molecule has 1 amide bonds. The monoisotopic (exact) mass is 366 g/mol. The number of hydrogen-bond acceptors (Lipinski definition) is 4. The molecule has 0 radical (unpaired) electrons. The Labute approximate surface area is 159 Å². The van der Waals surface area contributed by atoms with Crippen molar-refractivity contribution in [3.8, 4) is 5.75 Å². The number of likely N-dealkylation sites (N-methyl/N-ethyl adjacent to an activating group) is 1. The molecule has 6 heteroatoms. The van der Waals surface area contributed by atoms with Gasteiger partial charge in [0.25, 0.3) is 5.91 Å². The Balaban J connectivity index is 1.70. The van der Waals surface area contributed by atoms with Crippen LogP contribution in [0.5, 0.6) is 5.75 Å². The summed E-state index contributed by atoms with van der Waals surface area (Å²) in [5.74, 6) is 0.753. The van der Waals surface area contributed by atoms with Crippen LogP contribution >= 0.6 is 0 Å². The number of carbonyl (C=O) groups excluding carboxylic acids is 1. The van der Waals surface area contributed by atoms with E-state index in [0.717, 1.165) is 22.3 Å². The SMILES string of the molecule is Cc1cccc(OCCN(C)C(=O)c2cc3cnn(C(C)C)c3nc2C)c1. The van der Waals surface area contributed by atoms with Gasteiger partial charge in [0.05, 0.1) is 24.0 Å². The van der Waals surface area contributed by atoms with Gasteiger partial charge in [-0.15, -0.1) is 0 Å². The third-order valence-electron chi connectivity index (χ3n) is 4.51. The van der Waals surface area contributed by atoms with Gasteiger partial charge in [0.2, 0.25) is 0 Å². The summed E-state index contributed by atoms with van der Waals surface area (Å²) in [6.45, 7) is 8.94. The van der Waals surface area contributed by atoms with E-state index in [2.05, 4.69) is 23.9 Å². The van der Waals surface area contributed by atoms with Crippen LogP contribution in [0.4, 0.5) is 0 Å². The highest BCUT2D eigenvalue weighted by atomic mass is 16.5. The highest BCUT2D eigenvalue weighted by molar-refractivity contribution is 5.98. The van der Waals surface area contributed by atoms with E-state index in [0.29, 0.717) is 24.4 Å². The maximum absolute atomic E-state index is 12.8. The van der Waals surface area contributed by atoms with Gasteiger partial charge in [-0.2, -0.15) is 5.10 Å². The van der Waals surface area contributed by atoms with E-state index in [1.54, 1.807) is 18.1 Å². The van der Waals surface area contributed by atoms with Gasteiger partial charge in [0, 0.05) is 18.5 Å². The molecule has 6 nitrogen and oxygen atoms in total. The van der Waals surface area contributed by atoms with Crippen LogP contribution in [-0.2, 0) is 0 Å². The smallest absolute Gasteiger partial charge is 0.255 e. The molecule has 2 aromatic heterocycles. The van der Waals surface area contributed by atoms with E-state index in [-0.39, 0.29) is 11.9 Å². The number of amides is 1.